The Morgan fingerprint density at radius 3 is 2.93 bits per heavy atom. The largest absolute Gasteiger partial charge is 0.476 e. The second kappa shape index (κ2) is 5.20. The zero-order valence-electron chi connectivity index (χ0n) is 9.03. The summed E-state index contributed by atoms with van der Waals surface area (Å²) in [6, 6.07) is 3.56. The van der Waals surface area contributed by atoms with Crippen LogP contribution in [0.15, 0.2) is 12.3 Å². The highest BCUT2D eigenvalue weighted by atomic mass is 16.5. The molecule has 80 valence electrons. The Labute approximate surface area is 89.7 Å². The van der Waals surface area contributed by atoms with E-state index in [-0.39, 0.29) is 0 Å². The van der Waals surface area contributed by atoms with Gasteiger partial charge in [0.15, 0.2) is 0 Å². The Kier molecular flexibility index (Phi) is 3.92. The molecule has 0 fully saturated rings. The first-order valence-electron chi connectivity index (χ1n) is 4.92. The molecular weight excluding hydrogens is 190 g/mol. The van der Waals surface area contributed by atoms with Gasteiger partial charge in [-0.3, -0.25) is 0 Å². The molecule has 1 rings (SSSR count). The molecule has 1 heterocycles. The minimum Gasteiger partial charge on any atom is -0.476 e. The zero-order chi connectivity index (χ0) is 11.3. The zero-order valence-corrected chi connectivity index (χ0v) is 9.03. The van der Waals surface area contributed by atoms with E-state index in [2.05, 4.69) is 18.8 Å². The summed E-state index contributed by atoms with van der Waals surface area (Å²) in [5.41, 5.74) is 6.43. The van der Waals surface area contributed by atoms with Crippen LogP contribution in [-0.2, 0) is 0 Å². The van der Waals surface area contributed by atoms with Crippen molar-refractivity contribution >= 4 is 5.69 Å². The van der Waals surface area contributed by atoms with E-state index in [0.29, 0.717) is 29.7 Å². The van der Waals surface area contributed by atoms with Crippen LogP contribution in [0.4, 0.5) is 5.69 Å². The Morgan fingerprint density at radius 2 is 2.33 bits per heavy atom. The predicted octanol–water partition coefficient (Wildman–Crippen LogP) is 1.96. The molecule has 0 saturated heterocycles. The summed E-state index contributed by atoms with van der Waals surface area (Å²) in [6.07, 6.45) is 2.47. The van der Waals surface area contributed by atoms with Crippen LogP contribution in [0, 0.1) is 17.2 Å². The van der Waals surface area contributed by atoms with Crippen LogP contribution >= 0.6 is 0 Å². The van der Waals surface area contributed by atoms with E-state index >= 15 is 0 Å². The van der Waals surface area contributed by atoms with Gasteiger partial charge in [0, 0.05) is 6.20 Å². The van der Waals surface area contributed by atoms with Crippen molar-refractivity contribution in [2.24, 2.45) is 5.92 Å². The molecule has 1 aromatic rings. The average molecular weight is 205 g/mol. The number of hydrogen-bond donors (Lipinski definition) is 1. The molecule has 0 aromatic carbocycles. The maximum Gasteiger partial charge on any atom is 0.238 e. The number of hydrogen-bond acceptors (Lipinski definition) is 4. The van der Waals surface area contributed by atoms with Gasteiger partial charge >= 0.3 is 0 Å². The van der Waals surface area contributed by atoms with E-state index in [1.54, 1.807) is 6.07 Å². The molecule has 0 unspecified atom stereocenters. The van der Waals surface area contributed by atoms with Gasteiger partial charge in [0.05, 0.1) is 12.2 Å². The smallest absolute Gasteiger partial charge is 0.238 e. The normalized spacial score (nSPS) is 10.0. The van der Waals surface area contributed by atoms with Crippen molar-refractivity contribution in [3.63, 3.8) is 0 Å². The third-order valence-electron chi connectivity index (χ3n) is 2.01. The maximum absolute atomic E-state index is 8.74. The van der Waals surface area contributed by atoms with Crippen molar-refractivity contribution in [2.75, 3.05) is 12.3 Å². The van der Waals surface area contributed by atoms with Crippen LogP contribution in [0.1, 0.15) is 25.8 Å². The van der Waals surface area contributed by atoms with Gasteiger partial charge in [0.25, 0.3) is 0 Å². The third kappa shape index (κ3) is 3.13. The number of aromatic nitrogens is 1. The number of nitriles is 1. The maximum atomic E-state index is 8.74. The van der Waals surface area contributed by atoms with Gasteiger partial charge in [0.2, 0.25) is 5.88 Å². The van der Waals surface area contributed by atoms with Crippen molar-refractivity contribution in [1.82, 2.24) is 4.98 Å². The highest BCUT2D eigenvalue weighted by molar-refractivity contribution is 5.59. The first-order chi connectivity index (χ1) is 7.15. The van der Waals surface area contributed by atoms with E-state index in [4.69, 9.17) is 15.7 Å². The van der Waals surface area contributed by atoms with Crippen LogP contribution < -0.4 is 10.5 Å². The second-order valence-corrected chi connectivity index (χ2v) is 3.72. The molecule has 0 atom stereocenters. The molecule has 4 heteroatoms. The standard InChI is InChI=1S/C11H15N3O/c1-8(2)4-6-15-11-10(13)9(7-12)3-5-14-11/h3,5,8H,4,6,13H2,1-2H3. The molecule has 0 radical (unpaired) electrons. The lowest BCUT2D eigenvalue weighted by Crippen LogP contribution is -2.05. The molecule has 0 aliphatic carbocycles. The monoisotopic (exact) mass is 205 g/mol. The van der Waals surface area contributed by atoms with E-state index in [1.807, 2.05) is 6.07 Å². The number of nitrogens with two attached hydrogens (primary N) is 1. The quantitative estimate of drug-likeness (QED) is 0.815. The first-order valence-corrected chi connectivity index (χ1v) is 4.92. The van der Waals surface area contributed by atoms with Crippen molar-refractivity contribution < 1.29 is 4.74 Å². The van der Waals surface area contributed by atoms with Crippen molar-refractivity contribution in [1.29, 1.82) is 5.26 Å². The molecule has 0 spiro atoms. The summed E-state index contributed by atoms with van der Waals surface area (Å²) in [6.45, 7) is 4.81. The molecular formula is C11H15N3O. The number of nitrogens with zero attached hydrogens (tertiary/aromatic N) is 2. The predicted molar refractivity (Wildman–Crippen MR) is 58.3 cm³/mol. The topological polar surface area (TPSA) is 71.9 Å². The van der Waals surface area contributed by atoms with Crippen molar-refractivity contribution in [2.45, 2.75) is 20.3 Å². The van der Waals surface area contributed by atoms with E-state index in [1.165, 1.54) is 6.20 Å². The molecule has 2 N–H and O–H groups in total. The lowest BCUT2D eigenvalue weighted by molar-refractivity contribution is 0.281. The average Bonchev–Trinajstić information content (AvgIpc) is 2.20. The number of pyridine rings is 1. The molecule has 0 saturated carbocycles. The Hall–Kier alpha value is -1.76. The van der Waals surface area contributed by atoms with Gasteiger partial charge in [-0.25, -0.2) is 4.98 Å². The summed E-state index contributed by atoms with van der Waals surface area (Å²) in [5, 5.41) is 8.74. The minimum atomic E-state index is 0.323. The Balaban J connectivity index is 2.66. The molecule has 1 aromatic heterocycles. The van der Waals surface area contributed by atoms with Gasteiger partial charge < -0.3 is 10.5 Å². The summed E-state index contributed by atoms with van der Waals surface area (Å²) >= 11 is 0. The molecule has 15 heavy (non-hydrogen) atoms. The number of ether oxygens (including phenoxy) is 1. The first kappa shape index (κ1) is 11.3. The van der Waals surface area contributed by atoms with Crippen LogP contribution in [0.25, 0.3) is 0 Å². The lowest BCUT2D eigenvalue weighted by Gasteiger charge is -2.09. The number of nitrogen functional groups attached to an aromatic ring is 1. The number of rotatable bonds is 4. The van der Waals surface area contributed by atoms with Crippen molar-refractivity contribution in [3.05, 3.63) is 17.8 Å². The fraction of sp³-hybridized carbons (Fsp3) is 0.455. The minimum absolute atomic E-state index is 0.323. The lowest BCUT2D eigenvalue weighted by atomic mass is 10.1. The molecule has 0 aliphatic rings. The molecule has 0 amide bonds. The highest BCUT2D eigenvalue weighted by Gasteiger charge is 2.06. The molecule has 0 bridgehead atoms. The number of anilines is 1. The summed E-state index contributed by atoms with van der Waals surface area (Å²) in [5.74, 6) is 0.931. The highest BCUT2D eigenvalue weighted by Crippen LogP contribution is 2.21. The van der Waals surface area contributed by atoms with E-state index in [0.717, 1.165) is 6.42 Å². The van der Waals surface area contributed by atoms with Gasteiger partial charge in [-0.05, 0) is 18.4 Å². The molecule has 4 nitrogen and oxygen atoms in total. The molecule has 0 aliphatic heterocycles. The van der Waals surface area contributed by atoms with Crippen LogP contribution in [0.2, 0.25) is 0 Å². The van der Waals surface area contributed by atoms with Gasteiger partial charge in [-0.1, -0.05) is 13.8 Å². The summed E-state index contributed by atoms with van der Waals surface area (Å²) < 4.78 is 5.40. The Morgan fingerprint density at radius 1 is 1.60 bits per heavy atom. The second-order valence-electron chi connectivity index (χ2n) is 3.72. The van der Waals surface area contributed by atoms with Gasteiger partial charge in [-0.15, -0.1) is 0 Å². The van der Waals surface area contributed by atoms with Crippen LogP contribution in [0.5, 0.6) is 5.88 Å². The van der Waals surface area contributed by atoms with Crippen LogP contribution in [0.3, 0.4) is 0 Å². The Bertz CT molecular complexity index is 369. The van der Waals surface area contributed by atoms with E-state index < -0.39 is 0 Å². The summed E-state index contributed by atoms with van der Waals surface area (Å²) in [7, 11) is 0. The third-order valence-corrected chi connectivity index (χ3v) is 2.01. The van der Waals surface area contributed by atoms with E-state index in [9.17, 15) is 0 Å². The fourth-order valence-corrected chi connectivity index (χ4v) is 1.06. The summed E-state index contributed by atoms with van der Waals surface area (Å²) in [4.78, 5) is 3.99. The van der Waals surface area contributed by atoms with Crippen LogP contribution in [-0.4, -0.2) is 11.6 Å². The SMILES string of the molecule is CC(C)CCOc1nccc(C#N)c1N. The fourth-order valence-electron chi connectivity index (χ4n) is 1.06. The van der Waals surface area contributed by atoms with Gasteiger partial charge in [-0.2, -0.15) is 5.26 Å². The van der Waals surface area contributed by atoms with Crippen molar-refractivity contribution in [3.8, 4) is 11.9 Å². The van der Waals surface area contributed by atoms with Gasteiger partial charge in [0.1, 0.15) is 11.8 Å².